The minimum Gasteiger partial charge on any atom is -0.337 e. The van der Waals surface area contributed by atoms with Gasteiger partial charge in [-0.15, -0.1) is 5.10 Å². The fourth-order valence-corrected chi connectivity index (χ4v) is 3.13. The maximum absolute atomic E-state index is 13.0. The van der Waals surface area contributed by atoms with Gasteiger partial charge in [0.1, 0.15) is 23.5 Å². The zero-order chi connectivity index (χ0) is 19.7. The van der Waals surface area contributed by atoms with Crippen molar-refractivity contribution in [2.45, 2.75) is 25.4 Å². The molecule has 1 unspecified atom stereocenters. The molecule has 0 saturated carbocycles. The van der Waals surface area contributed by atoms with E-state index in [4.69, 9.17) is 0 Å². The highest BCUT2D eigenvalue weighted by molar-refractivity contribution is 6.00. The number of benzene rings is 1. The first-order valence-electron chi connectivity index (χ1n) is 8.77. The fourth-order valence-electron chi connectivity index (χ4n) is 3.13. The van der Waals surface area contributed by atoms with Crippen LogP contribution in [0, 0.1) is 5.82 Å². The van der Waals surface area contributed by atoms with Crippen LogP contribution in [0.1, 0.15) is 28.4 Å². The summed E-state index contributed by atoms with van der Waals surface area (Å²) in [6, 6.07) is 7.05. The highest BCUT2D eigenvalue weighted by Crippen LogP contribution is 2.19. The summed E-state index contributed by atoms with van der Waals surface area (Å²) < 4.78 is 14.7. The quantitative estimate of drug-likeness (QED) is 0.696. The van der Waals surface area contributed by atoms with E-state index in [0.717, 1.165) is 5.56 Å². The number of aromatic amines is 1. The molecule has 0 saturated heterocycles. The van der Waals surface area contributed by atoms with Gasteiger partial charge >= 0.3 is 0 Å². The van der Waals surface area contributed by atoms with E-state index in [1.54, 1.807) is 36.1 Å². The summed E-state index contributed by atoms with van der Waals surface area (Å²) in [5, 5.41) is 13.5. The Kier molecular flexibility index (Phi) is 4.60. The summed E-state index contributed by atoms with van der Waals surface area (Å²) in [6.45, 7) is 0.507. The van der Waals surface area contributed by atoms with Crippen LogP contribution >= 0.6 is 0 Å². The summed E-state index contributed by atoms with van der Waals surface area (Å²) in [4.78, 5) is 30.8. The van der Waals surface area contributed by atoms with Crippen LogP contribution in [0.3, 0.4) is 0 Å². The Labute approximate surface area is 159 Å². The van der Waals surface area contributed by atoms with Crippen molar-refractivity contribution in [3.8, 4) is 0 Å². The maximum atomic E-state index is 13.0. The lowest BCUT2D eigenvalue weighted by Crippen LogP contribution is -2.47. The third kappa shape index (κ3) is 3.48. The van der Waals surface area contributed by atoms with Crippen molar-refractivity contribution in [1.29, 1.82) is 0 Å². The number of rotatable bonds is 4. The molecule has 10 heteroatoms. The van der Waals surface area contributed by atoms with Crippen LogP contribution in [0.4, 0.5) is 10.2 Å². The molecule has 0 spiro atoms. The molecule has 1 aliphatic heterocycles. The van der Waals surface area contributed by atoms with E-state index < -0.39 is 11.9 Å². The lowest BCUT2D eigenvalue weighted by Gasteiger charge is -2.19. The Balaban J connectivity index is 1.42. The van der Waals surface area contributed by atoms with E-state index >= 15 is 0 Å². The van der Waals surface area contributed by atoms with Crippen molar-refractivity contribution in [2.24, 2.45) is 0 Å². The number of hydrogen-bond acceptors (Lipinski definition) is 5. The standard InChI is InChI=1S/C18H18FN7O2/c1-25-15-6-8-20-26(15)9-7-13(18(25)28)21-17(27)16-22-14(23-24-16)10-11-2-4-12(19)5-3-11/h2-6,8,13H,7,9-10H2,1H3,(H,21,27)(H,22,23,24). The second kappa shape index (κ2) is 7.22. The van der Waals surface area contributed by atoms with Crippen LogP contribution in [0.15, 0.2) is 36.5 Å². The van der Waals surface area contributed by atoms with Gasteiger partial charge in [0.2, 0.25) is 5.82 Å². The normalized spacial score (nSPS) is 16.6. The molecule has 0 radical (unpaired) electrons. The van der Waals surface area contributed by atoms with E-state index in [1.807, 2.05) is 0 Å². The monoisotopic (exact) mass is 383 g/mol. The van der Waals surface area contributed by atoms with Gasteiger partial charge in [-0.2, -0.15) is 5.10 Å². The van der Waals surface area contributed by atoms with Gasteiger partial charge in [0.25, 0.3) is 11.8 Å². The Morgan fingerprint density at radius 3 is 2.89 bits per heavy atom. The zero-order valence-electron chi connectivity index (χ0n) is 15.1. The Hall–Kier alpha value is -3.56. The van der Waals surface area contributed by atoms with Crippen LogP contribution < -0.4 is 10.2 Å². The van der Waals surface area contributed by atoms with Crippen molar-refractivity contribution in [3.05, 3.63) is 59.6 Å². The molecule has 144 valence electrons. The number of anilines is 1. The number of fused-ring (bicyclic) bond motifs is 1. The van der Waals surface area contributed by atoms with Crippen LogP contribution in [0.5, 0.6) is 0 Å². The molecule has 0 bridgehead atoms. The summed E-state index contributed by atoms with van der Waals surface area (Å²) in [6.07, 6.45) is 2.43. The van der Waals surface area contributed by atoms with Crippen molar-refractivity contribution in [3.63, 3.8) is 0 Å². The number of carbonyl (C=O) groups excluding carboxylic acids is 2. The molecule has 2 aromatic heterocycles. The summed E-state index contributed by atoms with van der Waals surface area (Å²) in [5.74, 6) is 0.0286. The minimum atomic E-state index is -0.696. The van der Waals surface area contributed by atoms with Gasteiger partial charge < -0.3 is 5.32 Å². The average Bonchev–Trinajstić information content (AvgIpc) is 3.33. The van der Waals surface area contributed by atoms with E-state index in [9.17, 15) is 14.0 Å². The zero-order valence-corrected chi connectivity index (χ0v) is 15.1. The molecule has 2 N–H and O–H groups in total. The number of likely N-dealkylation sites (N-methyl/N-ethyl adjacent to an activating group) is 1. The molecular weight excluding hydrogens is 365 g/mol. The number of nitrogens with one attached hydrogen (secondary N) is 2. The topological polar surface area (TPSA) is 109 Å². The number of amides is 2. The SMILES string of the molecule is CN1C(=O)C(NC(=O)c2n[nH]c(Cc3ccc(F)cc3)n2)CCn2nccc21. The highest BCUT2D eigenvalue weighted by atomic mass is 19.1. The molecule has 1 atom stereocenters. The van der Waals surface area contributed by atoms with Crippen LogP contribution in [0.2, 0.25) is 0 Å². The lowest BCUT2D eigenvalue weighted by molar-refractivity contribution is -0.120. The van der Waals surface area contributed by atoms with E-state index in [1.165, 1.54) is 17.0 Å². The number of hydrogen-bond donors (Lipinski definition) is 2. The summed E-state index contributed by atoms with van der Waals surface area (Å²) >= 11 is 0. The molecular formula is C18H18FN7O2. The highest BCUT2D eigenvalue weighted by Gasteiger charge is 2.30. The largest absolute Gasteiger partial charge is 0.337 e. The fraction of sp³-hybridized carbons (Fsp3) is 0.278. The van der Waals surface area contributed by atoms with Gasteiger partial charge in [-0.3, -0.25) is 19.6 Å². The molecule has 28 heavy (non-hydrogen) atoms. The Morgan fingerprint density at radius 1 is 1.32 bits per heavy atom. The smallest absolute Gasteiger partial charge is 0.291 e. The number of carbonyl (C=O) groups is 2. The third-order valence-corrected chi connectivity index (χ3v) is 4.62. The molecule has 1 aromatic carbocycles. The van der Waals surface area contributed by atoms with Gasteiger partial charge in [-0.1, -0.05) is 12.1 Å². The van der Waals surface area contributed by atoms with E-state index in [0.29, 0.717) is 31.0 Å². The molecule has 2 amide bonds. The number of aryl methyl sites for hydroxylation is 1. The Morgan fingerprint density at radius 2 is 2.11 bits per heavy atom. The van der Waals surface area contributed by atoms with Gasteiger partial charge in [0.15, 0.2) is 0 Å². The molecule has 3 aromatic rings. The van der Waals surface area contributed by atoms with Crippen LogP contribution in [-0.2, 0) is 17.8 Å². The van der Waals surface area contributed by atoms with Crippen molar-refractivity contribution in [1.82, 2.24) is 30.3 Å². The molecule has 4 rings (SSSR count). The predicted molar refractivity (Wildman–Crippen MR) is 97.1 cm³/mol. The molecule has 0 fully saturated rings. The maximum Gasteiger partial charge on any atom is 0.291 e. The van der Waals surface area contributed by atoms with Gasteiger partial charge in [-0.25, -0.2) is 14.1 Å². The molecule has 3 heterocycles. The van der Waals surface area contributed by atoms with E-state index in [2.05, 4.69) is 25.6 Å². The van der Waals surface area contributed by atoms with Gasteiger partial charge in [-0.05, 0) is 24.1 Å². The van der Waals surface area contributed by atoms with Gasteiger partial charge in [0.05, 0.1) is 6.20 Å². The van der Waals surface area contributed by atoms with Crippen molar-refractivity contribution in [2.75, 3.05) is 11.9 Å². The number of halogens is 1. The second-order valence-electron chi connectivity index (χ2n) is 6.53. The Bertz CT molecular complexity index is 1010. The van der Waals surface area contributed by atoms with Crippen LogP contribution in [0.25, 0.3) is 0 Å². The first-order valence-corrected chi connectivity index (χ1v) is 8.77. The molecule has 9 nitrogen and oxygen atoms in total. The first kappa shape index (κ1) is 17.8. The minimum absolute atomic E-state index is 0.0467. The van der Waals surface area contributed by atoms with Crippen molar-refractivity contribution >= 4 is 17.6 Å². The van der Waals surface area contributed by atoms with E-state index in [-0.39, 0.29) is 17.5 Å². The predicted octanol–water partition coefficient (Wildman–Crippen LogP) is 0.896. The molecule has 0 aliphatic carbocycles. The number of aromatic nitrogens is 5. The van der Waals surface area contributed by atoms with Crippen molar-refractivity contribution < 1.29 is 14.0 Å². The number of H-pyrrole nitrogens is 1. The van der Waals surface area contributed by atoms with Gasteiger partial charge in [0, 0.05) is 26.1 Å². The van der Waals surface area contributed by atoms with Crippen LogP contribution in [-0.4, -0.2) is 49.9 Å². The number of nitrogens with zero attached hydrogens (tertiary/aromatic N) is 5. The first-order chi connectivity index (χ1) is 13.5. The summed E-state index contributed by atoms with van der Waals surface area (Å²) in [5.41, 5.74) is 0.833. The third-order valence-electron chi connectivity index (χ3n) is 4.62. The average molecular weight is 383 g/mol. The molecule has 1 aliphatic rings. The second-order valence-corrected chi connectivity index (χ2v) is 6.53. The summed E-state index contributed by atoms with van der Waals surface area (Å²) in [7, 11) is 1.65. The lowest BCUT2D eigenvalue weighted by atomic mass is 10.1.